The van der Waals surface area contributed by atoms with E-state index in [1.165, 1.54) is 12.8 Å². The van der Waals surface area contributed by atoms with Crippen molar-refractivity contribution in [1.82, 2.24) is 0 Å². The molecule has 0 spiro atoms. The maximum atomic E-state index is 13.5. The van der Waals surface area contributed by atoms with Gasteiger partial charge in [-0.1, -0.05) is 25.8 Å². The van der Waals surface area contributed by atoms with E-state index in [9.17, 15) is 4.39 Å². The summed E-state index contributed by atoms with van der Waals surface area (Å²) in [6.07, 6.45) is 5.53. The number of halogens is 1. The molecule has 2 N–H and O–H groups in total. The Morgan fingerprint density at radius 2 is 1.94 bits per heavy atom. The molecule has 0 saturated heterocycles. The lowest BCUT2D eigenvalue weighted by molar-refractivity contribution is 0.449. The van der Waals surface area contributed by atoms with Crippen molar-refractivity contribution in [3.63, 3.8) is 0 Å². The van der Waals surface area contributed by atoms with E-state index in [4.69, 9.17) is 5.73 Å². The molecule has 2 rings (SSSR count). The molecule has 0 radical (unpaired) electrons. The van der Waals surface area contributed by atoms with Crippen LogP contribution in [0.15, 0.2) is 18.2 Å². The van der Waals surface area contributed by atoms with E-state index in [1.807, 2.05) is 0 Å². The zero-order valence-electron chi connectivity index (χ0n) is 9.93. The van der Waals surface area contributed by atoms with Crippen molar-refractivity contribution < 1.29 is 4.39 Å². The van der Waals surface area contributed by atoms with Crippen LogP contribution in [0.5, 0.6) is 0 Å². The van der Waals surface area contributed by atoms with Crippen LogP contribution in [-0.4, -0.2) is 6.54 Å². The van der Waals surface area contributed by atoms with E-state index in [-0.39, 0.29) is 11.2 Å². The van der Waals surface area contributed by atoms with Crippen molar-refractivity contribution in [3.05, 3.63) is 35.1 Å². The number of rotatable bonds is 3. The van der Waals surface area contributed by atoms with E-state index < -0.39 is 0 Å². The molecule has 0 aromatic heterocycles. The molecule has 1 nitrogen and oxygen atoms in total. The molecule has 0 amide bonds. The number of hydrogen-bond donors (Lipinski definition) is 1. The van der Waals surface area contributed by atoms with E-state index in [2.05, 4.69) is 13.0 Å². The van der Waals surface area contributed by atoms with Crippen LogP contribution < -0.4 is 5.73 Å². The fourth-order valence-corrected chi connectivity index (χ4v) is 2.82. The highest BCUT2D eigenvalue weighted by Gasteiger charge is 2.34. The summed E-state index contributed by atoms with van der Waals surface area (Å²) in [5.74, 6) is -0.117. The topological polar surface area (TPSA) is 26.0 Å². The first-order valence-electron chi connectivity index (χ1n) is 6.20. The van der Waals surface area contributed by atoms with Gasteiger partial charge in [0.05, 0.1) is 0 Å². The number of hydrogen-bond acceptors (Lipinski definition) is 1. The molecule has 1 aromatic rings. The van der Waals surface area contributed by atoms with Crippen LogP contribution in [0.4, 0.5) is 4.39 Å². The van der Waals surface area contributed by atoms with Gasteiger partial charge in [-0.15, -0.1) is 0 Å². The van der Waals surface area contributed by atoms with E-state index in [1.54, 1.807) is 12.1 Å². The Hall–Kier alpha value is -0.890. The average Bonchev–Trinajstić information content (AvgIpc) is 2.78. The highest BCUT2D eigenvalue weighted by atomic mass is 19.1. The zero-order valence-corrected chi connectivity index (χ0v) is 9.93. The van der Waals surface area contributed by atoms with Crippen LogP contribution in [0, 0.1) is 5.82 Å². The Morgan fingerprint density at radius 3 is 2.50 bits per heavy atom. The summed E-state index contributed by atoms with van der Waals surface area (Å²) >= 11 is 0. The van der Waals surface area contributed by atoms with E-state index >= 15 is 0 Å². The summed E-state index contributed by atoms with van der Waals surface area (Å²) in [7, 11) is 0. The minimum atomic E-state index is -0.117. The average molecular weight is 221 g/mol. The molecule has 0 heterocycles. The Labute approximate surface area is 96.9 Å². The van der Waals surface area contributed by atoms with Crippen molar-refractivity contribution in [2.75, 3.05) is 6.54 Å². The summed E-state index contributed by atoms with van der Waals surface area (Å²) in [4.78, 5) is 0. The van der Waals surface area contributed by atoms with Gasteiger partial charge in [0.2, 0.25) is 0 Å². The predicted molar refractivity (Wildman–Crippen MR) is 65.0 cm³/mol. The van der Waals surface area contributed by atoms with Gasteiger partial charge in [0, 0.05) is 12.0 Å². The summed E-state index contributed by atoms with van der Waals surface area (Å²) in [6.45, 7) is 2.70. The molecule has 2 heteroatoms. The summed E-state index contributed by atoms with van der Waals surface area (Å²) in [5.41, 5.74) is 8.16. The molecular formula is C14H20FN. The Morgan fingerprint density at radius 1 is 1.25 bits per heavy atom. The summed E-state index contributed by atoms with van der Waals surface area (Å²) in [6, 6.07) is 5.45. The molecule has 16 heavy (non-hydrogen) atoms. The van der Waals surface area contributed by atoms with Crippen LogP contribution in [-0.2, 0) is 11.8 Å². The molecule has 88 valence electrons. The fraction of sp³-hybridized carbons (Fsp3) is 0.571. The quantitative estimate of drug-likeness (QED) is 0.833. The first-order valence-corrected chi connectivity index (χ1v) is 6.20. The molecule has 1 aromatic carbocycles. The van der Waals surface area contributed by atoms with Crippen molar-refractivity contribution >= 4 is 0 Å². The predicted octanol–water partition coefficient (Wildman–Crippen LogP) is 3.16. The minimum Gasteiger partial charge on any atom is -0.330 e. The first kappa shape index (κ1) is 11.6. The monoisotopic (exact) mass is 221 g/mol. The standard InChI is InChI=1S/C14H20FN/c1-2-11-7-12(9-13(15)8-11)14(10-16)5-3-4-6-14/h7-9H,2-6,10,16H2,1H3. The number of benzene rings is 1. The molecule has 1 fully saturated rings. The van der Waals surface area contributed by atoms with Crippen LogP contribution in [0.25, 0.3) is 0 Å². The largest absolute Gasteiger partial charge is 0.330 e. The third kappa shape index (κ3) is 1.99. The van der Waals surface area contributed by atoms with Crippen LogP contribution in [0.3, 0.4) is 0 Å². The van der Waals surface area contributed by atoms with Gasteiger partial charge in [0.15, 0.2) is 0 Å². The van der Waals surface area contributed by atoms with Gasteiger partial charge < -0.3 is 5.73 Å². The van der Waals surface area contributed by atoms with Gasteiger partial charge in [-0.05, 0) is 42.5 Å². The first-order chi connectivity index (χ1) is 7.70. The summed E-state index contributed by atoms with van der Waals surface area (Å²) in [5, 5.41) is 0. The molecule has 0 aliphatic heterocycles. The normalized spacial score (nSPS) is 18.9. The lowest BCUT2D eigenvalue weighted by Crippen LogP contribution is -2.32. The highest BCUT2D eigenvalue weighted by Crippen LogP contribution is 2.40. The number of nitrogens with two attached hydrogens (primary N) is 1. The van der Waals surface area contributed by atoms with Crippen LogP contribution in [0.2, 0.25) is 0 Å². The van der Waals surface area contributed by atoms with Gasteiger partial charge in [0.25, 0.3) is 0 Å². The second-order valence-corrected chi connectivity index (χ2v) is 4.89. The van der Waals surface area contributed by atoms with Gasteiger partial charge >= 0.3 is 0 Å². The highest BCUT2D eigenvalue weighted by molar-refractivity contribution is 5.32. The maximum absolute atomic E-state index is 13.5. The lowest BCUT2D eigenvalue weighted by atomic mass is 9.78. The van der Waals surface area contributed by atoms with E-state index in [0.29, 0.717) is 6.54 Å². The van der Waals surface area contributed by atoms with Gasteiger partial charge in [0.1, 0.15) is 5.82 Å². The Balaban J connectivity index is 2.41. The third-order valence-corrected chi connectivity index (χ3v) is 3.93. The maximum Gasteiger partial charge on any atom is 0.123 e. The molecule has 0 atom stereocenters. The van der Waals surface area contributed by atoms with Crippen molar-refractivity contribution in [2.45, 2.75) is 44.4 Å². The molecule has 1 aliphatic carbocycles. The Bertz CT molecular complexity index is 367. The van der Waals surface area contributed by atoms with Crippen molar-refractivity contribution in [1.29, 1.82) is 0 Å². The Kier molecular flexibility index (Phi) is 3.29. The van der Waals surface area contributed by atoms with Crippen molar-refractivity contribution in [2.24, 2.45) is 5.73 Å². The van der Waals surface area contributed by atoms with Gasteiger partial charge in [-0.25, -0.2) is 4.39 Å². The van der Waals surface area contributed by atoms with E-state index in [0.717, 1.165) is 30.4 Å². The third-order valence-electron chi connectivity index (χ3n) is 3.93. The summed E-state index contributed by atoms with van der Waals surface area (Å²) < 4.78 is 13.5. The van der Waals surface area contributed by atoms with Gasteiger partial charge in [-0.2, -0.15) is 0 Å². The van der Waals surface area contributed by atoms with Crippen LogP contribution >= 0.6 is 0 Å². The zero-order chi connectivity index (χ0) is 11.6. The second kappa shape index (κ2) is 4.54. The smallest absolute Gasteiger partial charge is 0.123 e. The van der Waals surface area contributed by atoms with Crippen LogP contribution in [0.1, 0.15) is 43.7 Å². The fourth-order valence-electron chi connectivity index (χ4n) is 2.82. The molecular weight excluding hydrogens is 201 g/mol. The van der Waals surface area contributed by atoms with Gasteiger partial charge in [-0.3, -0.25) is 0 Å². The molecule has 0 unspecified atom stereocenters. The second-order valence-electron chi connectivity index (χ2n) is 4.89. The molecule has 1 aliphatic rings. The lowest BCUT2D eigenvalue weighted by Gasteiger charge is -2.28. The molecule has 0 bridgehead atoms. The minimum absolute atomic E-state index is 0.0476. The molecule has 1 saturated carbocycles. The SMILES string of the molecule is CCc1cc(F)cc(C2(CN)CCCC2)c1. The van der Waals surface area contributed by atoms with Crippen molar-refractivity contribution in [3.8, 4) is 0 Å². The number of aryl methyl sites for hydroxylation is 1.